The number of hydrogen-bond acceptors (Lipinski definition) is 0. The molecule has 0 spiro atoms. The van der Waals surface area contributed by atoms with Crippen molar-refractivity contribution >= 4 is 23.2 Å². The van der Waals surface area contributed by atoms with Crippen molar-refractivity contribution in [2.45, 2.75) is 43.9 Å². The van der Waals surface area contributed by atoms with Crippen molar-refractivity contribution in [1.82, 2.24) is 0 Å². The Balaban J connectivity index is 2.04. The molecule has 1 unspecified atom stereocenters. The number of halogens is 2. The molecular weight excluding hydrogens is 239 g/mol. The van der Waals surface area contributed by atoms with E-state index in [1.807, 2.05) is 12.1 Å². The molecule has 0 heterocycles. The van der Waals surface area contributed by atoms with E-state index in [9.17, 15) is 0 Å². The maximum Gasteiger partial charge on any atom is 0.0613 e. The summed E-state index contributed by atoms with van der Waals surface area (Å²) in [7, 11) is 0. The third-order valence-electron chi connectivity index (χ3n) is 3.50. The fraction of sp³-hybridized carbons (Fsp3) is 0.571. The Hall–Kier alpha value is -0.200. The van der Waals surface area contributed by atoms with Gasteiger partial charge in [0.2, 0.25) is 0 Å². The summed E-state index contributed by atoms with van der Waals surface area (Å²) in [6.45, 7) is 0. The van der Waals surface area contributed by atoms with Crippen molar-refractivity contribution in [3.8, 4) is 0 Å². The van der Waals surface area contributed by atoms with E-state index >= 15 is 0 Å². The topological polar surface area (TPSA) is 0 Å². The summed E-state index contributed by atoms with van der Waals surface area (Å²) in [5.41, 5.74) is 1.22. The fourth-order valence-electron chi connectivity index (χ4n) is 2.52. The van der Waals surface area contributed by atoms with Crippen LogP contribution in [0.3, 0.4) is 0 Å². The van der Waals surface area contributed by atoms with Crippen LogP contribution in [0, 0.1) is 5.92 Å². The molecule has 0 saturated heterocycles. The molecule has 1 fully saturated rings. The van der Waals surface area contributed by atoms with Crippen molar-refractivity contribution in [3.05, 3.63) is 34.9 Å². The summed E-state index contributed by atoms with van der Waals surface area (Å²) in [6.07, 6.45) is 7.97. The summed E-state index contributed by atoms with van der Waals surface area (Å²) in [5.74, 6) is 0.644. The lowest BCUT2D eigenvalue weighted by Gasteiger charge is -2.20. The van der Waals surface area contributed by atoms with Crippen LogP contribution in [0.15, 0.2) is 24.3 Å². The van der Waals surface area contributed by atoms with Gasteiger partial charge >= 0.3 is 0 Å². The standard InChI is InChI=1S/C14H18Cl2/c15-13-9-7-12(8-10-13)14(16)11-5-3-1-2-4-6-11/h7-11,14H,1-6H2. The average molecular weight is 257 g/mol. The van der Waals surface area contributed by atoms with Gasteiger partial charge in [-0.15, -0.1) is 11.6 Å². The first kappa shape index (κ1) is 12.3. The van der Waals surface area contributed by atoms with E-state index in [-0.39, 0.29) is 5.38 Å². The van der Waals surface area contributed by atoms with E-state index < -0.39 is 0 Å². The molecule has 1 aliphatic rings. The zero-order valence-electron chi connectivity index (χ0n) is 9.46. The van der Waals surface area contributed by atoms with Crippen molar-refractivity contribution in [2.75, 3.05) is 0 Å². The highest BCUT2D eigenvalue weighted by molar-refractivity contribution is 6.30. The fourth-order valence-corrected chi connectivity index (χ4v) is 3.05. The molecule has 2 rings (SSSR count). The Morgan fingerprint density at radius 3 is 2.06 bits per heavy atom. The summed E-state index contributed by atoms with van der Waals surface area (Å²) >= 11 is 12.5. The van der Waals surface area contributed by atoms with E-state index in [4.69, 9.17) is 23.2 Å². The first-order valence-electron chi connectivity index (χ1n) is 6.17. The van der Waals surface area contributed by atoms with E-state index in [1.54, 1.807) is 0 Å². The highest BCUT2D eigenvalue weighted by atomic mass is 35.5. The van der Waals surface area contributed by atoms with Crippen molar-refractivity contribution < 1.29 is 0 Å². The van der Waals surface area contributed by atoms with Gasteiger partial charge in [0.25, 0.3) is 0 Å². The minimum atomic E-state index is 0.162. The van der Waals surface area contributed by atoms with Gasteiger partial charge in [0.05, 0.1) is 5.38 Å². The quantitative estimate of drug-likeness (QED) is 0.478. The smallest absolute Gasteiger partial charge is 0.0613 e. The van der Waals surface area contributed by atoms with Gasteiger partial charge in [-0.05, 0) is 36.5 Å². The second-order valence-corrected chi connectivity index (χ2v) is 5.61. The zero-order valence-corrected chi connectivity index (χ0v) is 11.0. The van der Waals surface area contributed by atoms with Crippen molar-refractivity contribution in [3.63, 3.8) is 0 Å². The van der Waals surface area contributed by atoms with Gasteiger partial charge in [-0.2, -0.15) is 0 Å². The molecule has 0 radical (unpaired) electrons. The molecule has 0 aromatic heterocycles. The normalized spacial score (nSPS) is 20.4. The van der Waals surface area contributed by atoms with E-state index in [2.05, 4.69) is 12.1 Å². The predicted octanol–water partition coefficient (Wildman–Crippen LogP) is 5.59. The molecule has 1 atom stereocenters. The monoisotopic (exact) mass is 256 g/mol. The predicted molar refractivity (Wildman–Crippen MR) is 71.2 cm³/mol. The molecule has 0 nitrogen and oxygen atoms in total. The Labute approximate surface area is 108 Å². The third-order valence-corrected chi connectivity index (χ3v) is 4.36. The molecule has 2 heteroatoms. The maximum atomic E-state index is 6.57. The highest BCUT2D eigenvalue weighted by Crippen LogP contribution is 2.38. The van der Waals surface area contributed by atoms with Crippen LogP contribution < -0.4 is 0 Å². The lowest BCUT2D eigenvalue weighted by molar-refractivity contribution is 0.445. The van der Waals surface area contributed by atoms with Crippen molar-refractivity contribution in [1.29, 1.82) is 0 Å². The van der Waals surface area contributed by atoms with Gasteiger partial charge in [-0.3, -0.25) is 0 Å². The van der Waals surface area contributed by atoms with Crippen LogP contribution in [0.5, 0.6) is 0 Å². The van der Waals surface area contributed by atoms with E-state index in [0.29, 0.717) is 5.92 Å². The minimum Gasteiger partial charge on any atom is -0.118 e. The molecule has 0 amide bonds. The average Bonchev–Trinajstić information content (AvgIpc) is 2.57. The van der Waals surface area contributed by atoms with Crippen LogP contribution in [-0.2, 0) is 0 Å². The maximum absolute atomic E-state index is 6.57. The summed E-state index contributed by atoms with van der Waals surface area (Å²) in [5, 5.41) is 0.948. The number of hydrogen-bond donors (Lipinski definition) is 0. The molecule has 0 aliphatic heterocycles. The number of rotatable bonds is 2. The van der Waals surface area contributed by atoms with Crippen LogP contribution in [0.1, 0.15) is 49.5 Å². The molecule has 16 heavy (non-hydrogen) atoms. The third kappa shape index (κ3) is 3.15. The lowest BCUT2D eigenvalue weighted by atomic mass is 9.92. The van der Waals surface area contributed by atoms with Gasteiger partial charge < -0.3 is 0 Å². The molecule has 88 valence electrons. The van der Waals surface area contributed by atoms with Crippen LogP contribution in [0.2, 0.25) is 5.02 Å². The molecule has 1 aliphatic carbocycles. The van der Waals surface area contributed by atoms with E-state index in [0.717, 1.165) is 5.02 Å². The van der Waals surface area contributed by atoms with Crippen LogP contribution in [-0.4, -0.2) is 0 Å². The van der Waals surface area contributed by atoms with Gasteiger partial charge in [-0.25, -0.2) is 0 Å². The van der Waals surface area contributed by atoms with Crippen LogP contribution >= 0.6 is 23.2 Å². The largest absolute Gasteiger partial charge is 0.118 e. The van der Waals surface area contributed by atoms with Crippen LogP contribution in [0.25, 0.3) is 0 Å². The molecule has 1 aromatic rings. The SMILES string of the molecule is Clc1ccc(C(Cl)C2CCCCCC2)cc1. The summed E-state index contributed by atoms with van der Waals surface area (Å²) < 4.78 is 0. The summed E-state index contributed by atoms with van der Waals surface area (Å²) in [4.78, 5) is 0. The second kappa shape index (κ2) is 5.93. The highest BCUT2D eigenvalue weighted by Gasteiger charge is 2.21. The molecule has 0 bridgehead atoms. The number of alkyl halides is 1. The van der Waals surface area contributed by atoms with Gasteiger partial charge in [0.15, 0.2) is 0 Å². The van der Waals surface area contributed by atoms with Crippen LogP contribution in [0.4, 0.5) is 0 Å². The van der Waals surface area contributed by atoms with Gasteiger partial charge in [0, 0.05) is 5.02 Å². The molecular formula is C14H18Cl2. The van der Waals surface area contributed by atoms with E-state index in [1.165, 1.54) is 44.1 Å². The molecule has 1 aromatic carbocycles. The molecule has 1 saturated carbocycles. The van der Waals surface area contributed by atoms with Gasteiger partial charge in [0.1, 0.15) is 0 Å². The second-order valence-electron chi connectivity index (χ2n) is 4.70. The van der Waals surface area contributed by atoms with Crippen molar-refractivity contribution in [2.24, 2.45) is 5.92 Å². The Bertz CT molecular complexity index is 310. The first-order chi connectivity index (χ1) is 7.77. The lowest BCUT2D eigenvalue weighted by Crippen LogP contribution is -2.07. The van der Waals surface area contributed by atoms with Gasteiger partial charge in [-0.1, -0.05) is 49.4 Å². The first-order valence-corrected chi connectivity index (χ1v) is 6.98. The number of benzene rings is 1. The molecule has 0 N–H and O–H groups in total. The minimum absolute atomic E-state index is 0.162. The summed E-state index contributed by atoms with van der Waals surface area (Å²) in [6, 6.07) is 7.99. The Morgan fingerprint density at radius 1 is 0.938 bits per heavy atom. The Morgan fingerprint density at radius 2 is 1.50 bits per heavy atom. The zero-order chi connectivity index (χ0) is 11.4. The Kier molecular flexibility index (Phi) is 4.55.